The van der Waals surface area contributed by atoms with Crippen molar-refractivity contribution in [2.45, 2.75) is 72.2 Å². The van der Waals surface area contributed by atoms with Gasteiger partial charge in [-0.1, -0.05) is 18.1 Å². The number of hydrogen-bond acceptors (Lipinski definition) is 8. The van der Waals surface area contributed by atoms with Crippen molar-refractivity contribution >= 4 is 34.1 Å². The summed E-state index contributed by atoms with van der Waals surface area (Å²) in [5.74, 6) is 6.55. The van der Waals surface area contributed by atoms with Crippen molar-refractivity contribution in [1.29, 1.82) is 0 Å². The Kier molecular flexibility index (Phi) is 7.88. The van der Waals surface area contributed by atoms with Crippen LogP contribution >= 0.6 is 0 Å². The van der Waals surface area contributed by atoms with E-state index < -0.39 is 22.9 Å². The van der Waals surface area contributed by atoms with Gasteiger partial charge in [-0.3, -0.25) is 23.3 Å². The number of piperidine rings is 1. The third kappa shape index (κ3) is 5.90. The standard InChI is InChI=1S/C30H36N8O5/c1-7-8-15-37-23-24(34-27(37)36-14-10-12-19(16-36)31-28(41)43-30(3,4)5)35(6)29(42)38(26(23)40)17-21-32-20-13-9-11-18(2)22(20)25(39)33-21/h9,11,13,19H,10,12,14-17H2,1-6H3,(H,31,41)(H,32,33,39)/t19-/m1/s1. The molecular formula is C30H36N8O5. The maximum Gasteiger partial charge on any atom is 0.407 e. The fraction of sp³-hybridized carbons (Fsp3) is 0.467. The maximum absolute atomic E-state index is 14.0. The van der Waals surface area contributed by atoms with E-state index in [1.165, 1.54) is 4.57 Å². The highest BCUT2D eigenvalue weighted by molar-refractivity contribution is 5.81. The van der Waals surface area contributed by atoms with Gasteiger partial charge < -0.3 is 19.9 Å². The van der Waals surface area contributed by atoms with Crippen molar-refractivity contribution in [2.75, 3.05) is 18.0 Å². The van der Waals surface area contributed by atoms with Crippen molar-refractivity contribution in [3.63, 3.8) is 0 Å². The first-order valence-electron chi connectivity index (χ1n) is 14.2. The zero-order chi connectivity index (χ0) is 31.1. The lowest BCUT2D eigenvalue weighted by molar-refractivity contribution is 0.0499. The molecule has 2 N–H and O–H groups in total. The summed E-state index contributed by atoms with van der Waals surface area (Å²) >= 11 is 0. The van der Waals surface area contributed by atoms with Gasteiger partial charge in [0.15, 0.2) is 11.2 Å². The number of ether oxygens (including phenoxy) is 1. The Labute approximate surface area is 247 Å². The molecular weight excluding hydrogens is 552 g/mol. The molecule has 0 unspecified atom stereocenters. The molecule has 5 rings (SSSR count). The number of amides is 1. The number of anilines is 1. The zero-order valence-electron chi connectivity index (χ0n) is 25.3. The SMILES string of the molecule is CC#CCn1c(N2CCC[C@@H](NC(=O)OC(C)(C)C)C2)nc2c1c(=O)n(Cc1nc3cccc(C)c3c(=O)[nH]1)c(=O)n2C. The Bertz CT molecular complexity index is 1970. The molecule has 1 amide bonds. The quantitative estimate of drug-likeness (QED) is 0.336. The highest BCUT2D eigenvalue weighted by Crippen LogP contribution is 2.24. The van der Waals surface area contributed by atoms with Crippen molar-refractivity contribution in [2.24, 2.45) is 7.05 Å². The van der Waals surface area contributed by atoms with E-state index in [9.17, 15) is 19.2 Å². The third-order valence-electron chi connectivity index (χ3n) is 7.35. The first-order valence-corrected chi connectivity index (χ1v) is 14.2. The first-order chi connectivity index (χ1) is 20.4. The van der Waals surface area contributed by atoms with Gasteiger partial charge in [0.25, 0.3) is 11.1 Å². The molecule has 43 heavy (non-hydrogen) atoms. The number of nitrogens with zero attached hydrogens (tertiary/aromatic N) is 6. The van der Waals surface area contributed by atoms with Crippen LogP contribution in [-0.2, 0) is 24.9 Å². The Morgan fingerprint density at radius 1 is 1.19 bits per heavy atom. The average molecular weight is 589 g/mol. The Hall–Kier alpha value is -4.86. The van der Waals surface area contributed by atoms with E-state index in [0.717, 1.165) is 23.0 Å². The topological polar surface area (TPSA) is 149 Å². The fourth-order valence-corrected chi connectivity index (χ4v) is 5.43. The second-order valence-corrected chi connectivity index (χ2v) is 11.7. The summed E-state index contributed by atoms with van der Waals surface area (Å²) in [4.78, 5) is 66.7. The predicted octanol–water partition coefficient (Wildman–Crippen LogP) is 2.01. The van der Waals surface area contributed by atoms with Crippen LogP contribution in [0.4, 0.5) is 10.7 Å². The highest BCUT2D eigenvalue weighted by Gasteiger charge is 2.29. The van der Waals surface area contributed by atoms with E-state index in [1.807, 2.05) is 38.7 Å². The minimum Gasteiger partial charge on any atom is -0.444 e. The Balaban J connectivity index is 1.56. The largest absolute Gasteiger partial charge is 0.444 e. The second kappa shape index (κ2) is 11.4. The van der Waals surface area contributed by atoms with Crippen molar-refractivity contribution in [3.8, 4) is 11.8 Å². The molecule has 13 heteroatoms. The van der Waals surface area contributed by atoms with Crippen LogP contribution in [-0.4, -0.2) is 59.5 Å². The van der Waals surface area contributed by atoms with E-state index >= 15 is 0 Å². The number of hydrogen-bond donors (Lipinski definition) is 2. The number of fused-ring (bicyclic) bond motifs is 2. The van der Waals surface area contributed by atoms with Crippen LogP contribution in [0.5, 0.6) is 0 Å². The number of rotatable bonds is 5. The van der Waals surface area contributed by atoms with Crippen LogP contribution in [0.2, 0.25) is 0 Å². The number of H-pyrrole nitrogens is 1. The molecule has 1 saturated heterocycles. The molecule has 1 fully saturated rings. The summed E-state index contributed by atoms with van der Waals surface area (Å²) in [5.41, 5.74) is -0.429. The van der Waals surface area contributed by atoms with Gasteiger partial charge in [-0.25, -0.2) is 14.6 Å². The van der Waals surface area contributed by atoms with E-state index in [-0.39, 0.29) is 41.7 Å². The summed E-state index contributed by atoms with van der Waals surface area (Å²) in [5, 5.41) is 3.40. The molecule has 0 bridgehead atoms. The number of aryl methyl sites for hydroxylation is 2. The number of carbonyl (C=O) groups excluding carboxylic acids is 1. The van der Waals surface area contributed by atoms with Crippen molar-refractivity contribution in [3.05, 3.63) is 60.8 Å². The molecule has 0 spiro atoms. The Morgan fingerprint density at radius 2 is 1.95 bits per heavy atom. The second-order valence-electron chi connectivity index (χ2n) is 11.7. The number of carbonyl (C=O) groups is 1. The van der Waals surface area contributed by atoms with E-state index in [2.05, 4.69) is 27.1 Å². The van der Waals surface area contributed by atoms with Crippen LogP contribution < -0.4 is 27.0 Å². The monoisotopic (exact) mass is 588 g/mol. The summed E-state index contributed by atoms with van der Waals surface area (Å²) in [6, 6.07) is 5.14. The molecule has 1 aliphatic heterocycles. The molecule has 4 heterocycles. The van der Waals surface area contributed by atoms with Gasteiger partial charge in [0.1, 0.15) is 11.4 Å². The number of alkyl carbamates (subject to hydrolysis) is 1. The maximum atomic E-state index is 14.0. The van der Waals surface area contributed by atoms with Crippen LogP contribution in [0.1, 0.15) is 51.9 Å². The van der Waals surface area contributed by atoms with E-state index in [1.54, 1.807) is 30.7 Å². The molecule has 0 radical (unpaired) electrons. The van der Waals surface area contributed by atoms with Gasteiger partial charge in [0, 0.05) is 26.2 Å². The highest BCUT2D eigenvalue weighted by atomic mass is 16.6. The fourth-order valence-electron chi connectivity index (χ4n) is 5.43. The number of aromatic nitrogens is 6. The van der Waals surface area contributed by atoms with Crippen LogP contribution in [0.25, 0.3) is 22.1 Å². The van der Waals surface area contributed by atoms with Crippen LogP contribution in [0, 0.1) is 18.8 Å². The normalized spacial score (nSPS) is 15.4. The van der Waals surface area contributed by atoms with Gasteiger partial charge >= 0.3 is 11.8 Å². The summed E-state index contributed by atoms with van der Waals surface area (Å²) in [7, 11) is 1.55. The van der Waals surface area contributed by atoms with Gasteiger partial charge in [-0.05, 0) is 59.1 Å². The van der Waals surface area contributed by atoms with Crippen molar-refractivity contribution < 1.29 is 9.53 Å². The number of nitrogens with one attached hydrogen (secondary N) is 2. The molecule has 3 aromatic heterocycles. The smallest absolute Gasteiger partial charge is 0.407 e. The van der Waals surface area contributed by atoms with Crippen LogP contribution in [0.15, 0.2) is 32.6 Å². The minimum atomic E-state index is -0.621. The van der Waals surface area contributed by atoms with E-state index in [0.29, 0.717) is 29.9 Å². The number of aromatic amines is 1. The molecule has 1 aromatic carbocycles. The molecule has 1 atom stereocenters. The van der Waals surface area contributed by atoms with Gasteiger partial charge in [0.2, 0.25) is 5.95 Å². The van der Waals surface area contributed by atoms with Crippen molar-refractivity contribution in [1.82, 2.24) is 34.0 Å². The summed E-state index contributed by atoms with van der Waals surface area (Å²) in [6.07, 6.45) is 1.03. The first kappa shape index (κ1) is 29.6. The number of imidazole rings is 1. The van der Waals surface area contributed by atoms with Gasteiger partial charge in [-0.15, -0.1) is 5.92 Å². The van der Waals surface area contributed by atoms with Gasteiger partial charge in [-0.2, -0.15) is 4.98 Å². The summed E-state index contributed by atoms with van der Waals surface area (Å²) in [6.45, 7) is 9.97. The number of benzene rings is 1. The summed E-state index contributed by atoms with van der Waals surface area (Å²) < 4.78 is 9.51. The predicted molar refractivity (Wildman–Crippen MR) is 163 cm³/mol. The lowest BCUT2D eigenvalue weighted by atomic mass is 10.1. The molecule has 226 valence electrons. The average Bonchev–Trinajstić information content (AvgIpc) is 3.32. The molecule has 0 saturated carbocycles. The minimum absolute atomic E-state index is 0.167. The third-order valence-corrected chi connectivity index (χ3v) is 7.35. The van der Waals surface area contributed by atoms with Crippen LogP contribution in [0.3, 0.4) is 0 Å². The molecule has 1 aliphatic rings. The lowest BCUT2D eigenvalue weighted by Crippen LogP contribution is -2.49. The van der Waals surface area contributed by atoms with Gasteiger partial charge in [0.05, 0.1) is 24.0 Å². The lowest BCUT2D eigenvalue weighted by Gasteiger charge is -2.34. The zero-order valence-corrected chi connectivity index (χ0v) is 25.3. The molecule has 13 nitrogen and oxygen atoms in total. The molecule has 0 aliphatic carbocycles. The van der Waals surface area contributed by atoms with E-state index in [4.69, 9.17) is 9.72 Å². The Morgan fingerprint density at radius 3 is 2.67 bits per heavy atom. The molecule has 4 aromatic rings.